The van der Waals surface area contributed by atoms with Gasteiger partial charge in [0.1, 0.15) is 11.8 Å². The van der Waals surface area contributed by atoms with E-state index in [2.05, 4.69) is 30.6 Å². The fourth-order valence-corrected chi connectivity index (χ4v) is 5.87. The zero-order chi connectivity index (χ0) is 31.9. The smallest absolute Gasteiger partial charge is 0.240 e. The number of rotatable bonds is 11. The van der Waals surface area contributed by atoms with Gasteiger partial charge in [0.15, 0.2) is 0 Å². The minimum Gasteiger partial charge on any atom is -0.437 e. The molecule has 12 nitrogen and oxygen atoms in total. The Hall–Kier alpha value is -5.20. The van der Waals surface area contributed by atoms with Crippen molar-refractivity contribution in [2.24, 2.45) is 23.3 Å². The van der Waals surface area contributed by atoms with E-state index in [4.69, 9.17) is 16.2 Å². The van der Waals surface area contributed by atoms with Gasteiger partial charge < -0.3 is 16.2 Å². The Morgan fingerprint density at radius 3 is 2.23 bits per heavy atom. The van der Waals surface area contributed by atoms with Gasteiger partial charge in [-0.3, -0.25) is 19.5 Å². The van der Waals surface area contributed by atoms with Crippen molar-refractivity contribution < 1.29 is 14.3 Å². The van der Waals surface area contributed by atoms with Crippen LogP contribution in [0.2, 0.25) is 0 Å². The predicted molar refractivity (Wildman–Crippen MR) is 180 cm³/mol. The maximum atomic E-state index is 14.2. The zero-order valence-corrected chi connectivity index (χ0v) is 26.4. The van der Waals surface area contributed by atoms with Crippen LogP contribution in [0, 0.1) is 11.8 Å². The summed E-state index contributed by atoms with van der Waals surface area (Å²) in [6.07, 6.45) is 8.50. The average Bonchev–Trinajstić information content (AvgIpc) is 3.65. The topological polar surface area (TPSA) is 179 Å². The number of ether oxygens (including phenoxy) is 1. The first-order valence-corrected chi connectivity index (χ1v) is 15.3. The van der Waals surface area contributed by atoms with E-state index in [0.717, 1.165) is 47.9 Å². The number of aromatic nitrogens is 6. The Morgan fingerprint density at radius 2 is 1.64 bits per heavy atom. The lowest BCUT2D eigenvalue weighted by atomic mass is 9.81. The molecule has 0 aliphatic heterocycles. The van der Waals surface area contributed by atoms with Crippen molar-refractivity contribution in [3.05, 3.63) is 97.0 Å². The highest BCUT2D eigenvalue weighted by Gasteiger charge is 2.36. The summed E-state index contributed by atoms with van der Waals surface area (Å²) < 4.78 is 5.75. The number of hydrogen-bond acceptors (Lipinski definition) is 9. The molecule has 0 saturated heterocycles. The lowest BCUT2D eigenvalue weighted by Crippen LogP contribution is -2.52. The van der Waals surface area contributed by atoms with Gasteiger partial charge in [0, 0.05) is 47.6 Å². The van der Waals surface area contributed by atoms with Gasteiger partial charge in [0.25, 0.3) is 0 Å². The Morgan fingerprint density at radius 1 is 0.915 bits per heavy atom. The van der Waals surface area contributed by atoms with Gasteiger partial charge in [-0.2, -0.15) is 5.21 Å². The van der Waals surface area contributed by atoms with Crippen LogP contribution in [-0.2, 0) is 16.0 Å². The molecule has 2 aromatic carbocycles. The summed E-state index contributed by atoms with van der Waals surface area (Å²) in [6.45, 7) is 0.613. The molecule has 1 saturated carbocycles. The van der Waals surface area contributed by atoms with Crippen molar-refractivity contribution in [3.8, 4) is 34.1 Å². The van der Waals surface area contributed by atoms with Gasteiger partial charge in [-0.1, -0.05) is 24.3 Å². The lowest BCUT2D eigenvalue weighted by molar-refractivity contribution is -0.127. The largest absolute Gasteiger partial charge is 0.437 e. The van der Waals surface area contributed by atoms with Crippen LogP contribution in [0.15, 0.2) is 91.4 Å². The average molecular weight is 654 g/mol. The molecule has 47 heavy (non-hydrogen) atoms. The number of benzene rings is 2. The third-order valence-corrected chi connectivity index (χ3v) is 8.47. The number of hydrogen-bond donors (Lipinski definition) is 3. The van der Waals surface area contributed by atoms with E-state index in [-0.39, 0.29) is 30.7 Å². The Balaban J connectivity index is 0.00000433. The standard InChI is InChI=1S/C34H35N9O3.ClH/c35-19-23-5-9-26(10-6-23)34(45)43(28-14-11-25(12-15-28)33-39-41-42-40-33)30(32(36)44)18-22-3-7-24(8-4-22)27-13-16-31(38-20-27)46-29-2-1-17-37-21-29;/h1-4,7-8,11-17,20-21,23,26,30H,5-6,9-10,18-19,35H2,(H2,36,44)(H,39,40,41,42);1H/t23?,26?,30-;/m0./s1. The number of nitrogens with two attached hydrogens (primary N) is 2. The van der Waals surface area contributed by atoms with E-state index < -0.39 is 11.9 Å². The molecule has 13 heteroatoms. The maximum absolute atomic E-state index is 14.2. The number of anilines is 1. The van der Waals surface area contributed by atoms with E-state index in [1.807, 2.05) is 36.4 Å². The van der Waals surface area contributed by atoms with E-state index in [1.165, 1.54) is 0 Å². The number of pyridine rings is 2. The van der Waals surface area contributed by atoms with Gasteiger partial charge >= 0.3 is 0 Å². The molecular weight excluding hydrogens is 618 g/mol. The van der Waals surface area contributed by atoms with Gasteiger partial charge in [-0.15, -0.1) is 22.6 Å². The highest BCUT2D eigenvalue weighted by atomic mass is 35.5. The second-order valence-electron chi connectivity index (χ2n) is 11.4. The molecule has 0 bridgehead atoms. The van der Waals surface area contributed by atoms with Crippen LogP contribution < -0.4 is 21.1 Å². The fourth-order valence-electron chi connectivity index (χ4n) is 5.87. The van der Waals surface area contributed by atoms with Crippen LogP contribution in [0.4, 0.5) is 5.69 Å². The van der Waals surface area contributed by atoms with Crippen molar-refractivity contribution in [1.29, 1.82) is 0 Å². The molecule has 1 atom stereocenters. The fraction of sp³-hybridized carbons (Fsp3) is 0.265. The second-order valence-corrected chi connectivity index (χ2v) is 11.4. The minimum atomic E-state index is -0.896. The van der Waals surface area contributed by atoms with Crippen LogP contribution in [0.1, 0.15) is 31.2 Å². The molecule has 1 fully saturated rings. The molecule has 3 heterocycles. The molecule has 0 unspecified atom stereocenters. The molecule has 6 rings (SSSR count). The number of H-pyrrole nitrogens is 1. The van der Waals surface area contributed by atoms with E-state index >= 15 is 0 Å². The normalized spacial score (nSPS) is 16.4. The van der Waals surface area contributed by atoms with Crippen molar-refractivity contribution in [2.75, 3.05) is 11.4 Å². The third kappa shape index (κ3) is 7.97. The summed E-state index contributed by atoms with van der Waals surface area (Å²) in [5.41, 5.74) is 16.0. The monoisotopic (exact) mass is 653 g/mol. The molecule has 0 spiro atoms. The van der Waals surface area contributed by atoms with E-state index in [0.29, 0.717) is 35.6 Å². The highest BCUT2D eigenvalue weighted by molar-refractivity contribution is 6.01. The minimum absolute atomic E-state index is 0. The van der Waals surface area contributed by atoms with E-state index in [9.17, 15) is 9.59 Å². The van der Waals surface area contributed by atoms with Crippen LogP contribution in [0.25, 0.3) is 22.5 Å². The molecule has 5 aromatic rings. The molecule has 0 radical (unpaired) electrons. The molecular formula is C34H36ClN9O3. The van der Waals surface area contributed by atoms with Crippen LogP contribution in [0.3, 0.4) is 0 Å². The first-order valence-electron chi connectivity index (χ1n) is 15.3. The number of carbonyl (C=O) groups excluding carboxylic acids is 2. The van der Waals surface area contributed by atoms with Crippen LogP contribution in [-0.4, -0.2) is 55.0 Å². The van der Waals surface area contributed by atoms with Crippen molar-refractivity contribution in [3.63, 3.8) is 0 Å². The summed E-state index contributed by atoms with van der Waals surface area (Å²) in [4.78, 5) is 37.3. The molecule has 2 amide bonds. The van der Waals surface area contributed by atoms with Crippen LogP contribution in [0.5, 0.6) is 11.6 Å². The first-order chi connectivity index (χ1) is 22.5. The van der Waals surface area contributed by atoms with Gasteiger partial charge in [-0.25, -0.2) is 4.98 Å². The maximum Gasteiger partial charge on any atom is 0.240 e. The number of nitrogens with zero attached hydrogens (tertiary/aromatic N) is 6. The summed E-state index contributed by atoms with van der Waals surface area (Å²) in [7, 11) is 0. The number of nitrogens with one attached hydrogen (secondary N) is 1. The quantitative estimate of drug-likeness (QED) is 0.182. The van der Waals surface area contributed by atoms with Crippen molar-refractivity contribution >= 4 is 29.9 Å². The summed E-state index contributed by atoms with van der Waals surface area (Å²) >= 11 is 0. The first kappa shape index (κ1) is 33.2. The second kappa shape index (κ2) is 15.4. The summed E-state index contributed by atoms with van der Waals surface area (Å²) in [5, 5.41) is 14.1. The highest BCUT2D eigenvalue weighted by Crippen LogP contribution is 2.33. The summed E-state index contributed by atoms with van der Waals surface area (Å²) in [6, 6.07) is 21.5. The van der Waals surface area contributed by atoms with Crippen molar-refractivity contribution in [2.45, 2.75) is 38.1 Å². The zero-order valence-electron chi connectivity index (χ0n) is 25.6. The SMILES string of the molecule is Cl.NCC1CCC(C(=O)N(c2ccc(-c3nn[nH]n3)cc2)[C@@H](Cc2ccc(-c3ccc(Oc4cccnc4)nc3)cc2)C(N)=O)CC1. The Kier molecular flexibility index (Phi) is 10.9. The molecule has 242 valence electrons. The number of halogens is 1. The number of primary amides is 1. The van der Waals surface area contributed by atoms with Gasteiger partial charge in [0.05, 0.1) is 6.20 Å². The Bertz CT molecular complexity index is 1730. The molecule has 3 aromatic heterocycles. The molecule has 1 aliphatic rings. The number of tetrazole rings is 1. The molecule has 5 N–H and O–H groups in total. The third-order valence-electron chi connectivity index (χ3n) is 8.47. The number of aromatic amines is 1. The predicted octanol–water partition coefficient (Wildman–Crippen LogP) is 4.73. The number of amides is 2. The number of carbonyl (C=O) groups is 2. The Labute approximate surface area is 278 Å². The van der Waals surface area contributed by atoms with E-state index in [1.54, 1.807) is 59.9 Å². The lowest BCUT2D eigenvalue weighted by Gasteiger charge is -2.35. The van der Waals surface area contributed by atoms with Crippen molar-refractivity contribution in [1.82, 2.24) is 30.6 Å². The van der Waals surface area contributed by atoms with Crippen LogP contribution >= 0.6 is 12.4 Å². The van der Waals surface area contributed by atoms with Gasteiger partial charge in [0.2, 0.25) is 23.5 Å². The van der Waals surface area contributed by atoms with Gasteiger partial charge in [-0.05, 0) is 97.0 Å². The summed E-state index contributed by atoms with van der Waals surface area (Å²) in [5.74, 6) is 1.01. The molecule has 1 aliphatic carbocycles.